The van der Waals surface area contributed by atoms with Gasteiger partial charge in [0.05, 0.1) is 39.8 Å². The maximum atomic E-state index is 10.4. The molecule has 0 N–H and O–H groups in total. The molecular formula is C47H35N. The first-order valence-corrected chi connectivity index (χ1v) is 13.9. The summed E-state index contributed by atoms with van der Waals surface area (Å²) >= 11 is 0. The molecule has 0 fully saturated rings. The van der Waals surface area contributed by atoms with Crippen molar-refractivity contribution in [2.24, 2.45) is 0 Å². The number of rotatable bonds is 5. The van der Waals surface area contributed by atoms with Crippen LogP contribution in [0.1, 0.15) is 72.8 Å². The Kier molecular flexibility index (Phi) is 2.27. The minimum absolute atomic E-state index is 0.182. The van der Waals surface area contributed by atoms with Crippen molar-refractivity contribution in [3.8, 4) is 33.4 Å². The summed E-state index contributed by atoms with van der Waals surface area (Å²) in [5.74, 6) is 0. The molecule has 0 radical (unpaired) electrons. The third kappa shape index (κ3) is 4.54. The SMILES string of the molecule is [2H]c1c([2H])c([2H])c(-c2c([2H])c([2H])c(N(c3c([2H])c([2H])c4c(c3[2H])-c3c(-c5c([2H])c([2H])c([2H])c([2H])c5[2H])c([2H])c([2H])c5c([2H])c([2H])c([2H])c(c35)C4(C([2H])([2H])[2H])C([2H])([2H])[2H])c3c([2H])c([2H])c4c([2H])c([2H])c([2H])c([2H])c4c3[2H])c([2H])c2[2H])c([2H])c1[2H]. The van der Waals surface area contributed by atoms with Gasteiger partial charge in [0.1, 0.15) is 0 Å². The lowest BCUT2D eigenvalue weighted by Gasteiger charge is -2.37. The van der Waals surface area contributed by atoms with Crippen molar-refractivity contribution in [1.82, 2.24) is 0 Å². The van der Waals surface area contributed by atoms with Crippen LogP contribution in [0.15, 0.2) is 175 Å². The van der Waals surface area contributed by atoms with Gasteiger partial charge >= 0.3 is 0 Å². The fourth-order valence-corrected chi connectivity index (χ4v) is 5.39. The van der Waals surface area contributed by atoms with E-state index in [1.54, 1.807) is 0 Å². The van der Waals surface area contributed by atoms with Crippen LogP contribution in [0.4, 0.5) is 17.1 Å². The van der Waals surface area contributed by atoms with Crippen LogP contribution in [0.3, 0.4) is 0 Å². The zero-order valence-corrected chi connectivity index (χ0v) is 23.9. The fraction of sp³-hybridized carbons (Fsp3) is 0.0638. The van der Waals surface area contributed by atoms with Crippen molar-refractivity contribution in [3.63, 3.8) is 0 Å². The van der Waals surface area contributed by atoms with E-state index in [-0.39, 0.29) is 4.90 Å². The highest BCUT2D eigenvalue weighted by Gasteiger charge is 2.35. The zero-order valence-electron chi connectivity index (χ0n) is 58.9. The van der Waals surface area contributed by atoms with Crippen molar-refractivity contribution < 1.29 is 48.0 Å². The smallest absolute Gasteiger partial charge is 0.0652 e. The molecule has 0 atom stereocenters. The quantitative estimate of drug-likeness (QED) is 0.179. The molecule has 228 valence electrons. The van der Waals surface area contributed by atoms with Crippen LogP contribution >= 0.6 is 0 Å². The molecule has 0 bridgehead atoms. The molecule has 0 saturated carbocycles. The molecule has 1 aliphatic rings. The molecule has 8 aromatic carbocycles. The lowest BCUT2D eigenvalue weighted by Crippen LogP contribution is -2.24. The average Bonchev–Trinajstić information content (AvgIpc) is 0.683. The van der Waals surface area contributed by atoms with Crippen LogP contribution in [0, 0.1) is 0 Å². The highest BCUT2D eigenvalue weighted by Crippen LogP contribution is 2.53. The van der Waals surface area contributed by atoms with Gasteiger partial charge in [0, 0.05) is 30.7 Å². The molecule has 1 heteroatoms. The van der Waals surface area contributed by atoms with E-state index in [1.165, 1.54) is 0 Å². The van der Waals surface area contributed by atoms with Gasteiger partial charge in [-0.25, -0.2) is 0 Å². The average molecular weight is 649 g/mol. The van der Waals surface area contributed by atoms with Crippen molar-refractivity contribution >= 4 is 38.6 Å². The van der Waals surface area contributed by atoms with Gasteiger partial charge in [-0.1, -0.05) is 153 Å². The van der Waals surface area contributed by atoms with Crippen LogP contribution in [0.2, 0.25) is 0 Å². The Morgan fingerprint density at radius 2 is 1.04 bits per heavy atom. The van der Waals surface area contributed by atoms with E-state index in [2.05, 4.69) is 0 Å². The highest BCUT2D eigenvalue weighted by atomic mass is 15.1. The molecule has 0 heterocycles. The molecule has 0 unspecified atom stereocenters. The summed E-state index contributed by atoms with van der Waals surface area (Å²) in [7, 11) is 0. The van der Waals surface area contributed by atoms with Gasteiger partial charge in [-0.2, -0.15) is 0 Å². The lowest BCUT2D eigenvalue weighted by molar-refractivity contribution is 0.645. The van der Waals surface area contributed by atoms with Crippen LogP contribution in [-0.2, 0) is 5.41 Å². The lowest BCUT2D eigenvalue weighted by atomic mass is 9.67. The molecule has 48 heavy (non-hydrogen) atoms. The van der Waals surface area contributed by atoms with Gasteiger partial charge in [-0.15, -0.1) is 0 Å². The Hall–Kier alpha value is -5.92. The standard InChI is InChI=1S/C47H35N/c1-47(2)43-29-27-40(31-42(43)46-41(35-15-7-4-8-16-35)28-23-36-18-11-19-44(47)45(36)46)48(39-26-22-33-14-9-10-17-37(33)30-39)38-24-20-34(21-25-38)32-12-5-3-6-13-32/h3-31H,1-2H3/i1D3,2D3,3D,4D,5D,6D,7D,8D,9D,10D,11D,12D,13D,14D,15D,16D,17D,18D,19D,20D,21D,22D,23D,24D,25D,26D,27D,28D,29D,30D,31D. The first-order valence-electron chi connectivity index (χ1n) is 31.4. The Morgan fingerprint density at radius 1 is 0.438 bits per heavy atom. The van der Waals surface area contributed by atoms with E-state index in [9.17, 15) is 17.8 Å². The molecule has 0 aliphatic heterocycles. The van der Waals surface area contributed by atoms with E-state index < -0.39 is 277 Å². The van der Waals surface area contributed by atoms with Gasteiger partial charge in [0.25, 0.3) is 0 Å². The Morgan fingerprint density at radius 3 is 1.81 bits per heavy atom. The maximum Gasteiger partial charge on any atom is 0.0652 e. The van der Waals surface area contributed by atoms with E-state index in [4.69, 9.17) is 30.2 Å². The van der Waals surface area contributed by atoms with Crippen molar-refractivity contribution in [2.75, 3.05) is 4.90 Å². The summed E-state index contributed by atoms with van der Waals surface area (Å²) in [6, 6.07) is -34.9. The van der Waals surface area contributed by atoms with Crippen molar-refractivity contribution in [2.45, 2.75) is 19.1 Å². The first kappa shape index (κ1) is 9.81. The van der Waals surface area contributed by atoms with E-state index in [1.807, 2.05) is 0 Å². The van der Waals surface area contributed by atoms with Crippen LogP contribution in [0.25, 0.3) is 54.9 Å². The van der Waals surface area contributed by atoms with E-state index in [0.717, 1.165) is 0 Å². The van der Waals surface area contributed by atoms with Gasteiger partial charge in [0.15, 0.2) is 0 Å². The number of nitrogens with zero attached hydrogens (tertiary/aromatic N) is 1. The molecule has 8 aromatic rings. The largest absolute Gasteiger partial charge is 0.310 e. The molecule has 1 nitrogen and oxygen atoms in total. The van der Waals surface area contributed by atoms with Gasteiger partial charge in [0.2, 0.25) is 0 Å². The summed E-state index contributed by atoms with van der Waals surface area (Å²) in [6.07, 6.45) is 0. The molecule has 9 rings (SSSR count). The predicted molar refractivity (Wildman–Crippen MR) is 205 cm³/mol. The Balaban J connectivity index is 1.66. The summed E-state index contributed by atoms with van der Waals surface area (Å²) in [5.41, 5.74) is -17.1. The number of fused-ring (bicyclic) bond motifs is 3. The monoisotopic (exact) mass is 648 g/mol. The Labute approximate surface area is 331 Å². The number of benzene rings is 8. The highest BCUT2D eigenvalue weighted by molar-refractivity contribution is 6.09. The summed E-state index contributed by atoms with van der Waals surface area (Å²) < 4.78 is 318. The van der Waals surface area contributed by atoms with Gasteiger partial charge in [-0.3, -0.25) is 0 Å². The number of hydrogen-bond acceptors (Lipinski definition) is 1. The third-order valence-electron chi connectivity index (χ3n) is 7.51. The molecule has 0 amide bonds. The third-order valence-corrected chi connectivity index (χ3v) is 7.51. The summed E-state index contributed by atoms with van der Waals surface area (Å²) in [4.78, 5) is 0.182. The normalized spacial score (nSPS) is 23.8. The van der Waals surface area contributed by atoms with Crippen molar-refractivity contribution in [1.29, 1.82) is 0 Å². The maximum absolute atomic E-state index is 10.4. The topological polar surface area (TPSA) is 3.24 Å². The molecule has 1 aliphatic carbocycles. The van der Waals surface area contributed by atoms with Crippen molar-refractivity contribution in [3.05, 3.63) is 186 Å². The van der Waals surface area contributed by atoms with Crippen LogP contribution in [0.5, 0.6) is 0 Å². The summed E-state index contributed by atoms with van der Waals surface area (Å²) in [5, 5.41) is -3.75. The van der Waals surface area contributed by atoms with Crippen LogP contribution < -0.4 is 4.90 Å². The second kappa shape index (κ2) is 11.1. The number of anilines is 3. The van der Waals surface area contributed by atoms with E-state index >= 15 is 0 Å². The zero-order chi connectivity index (χ0) is 62.5. The second-order valence-corrected chi connectivity index (χ2v) is 10.3. The predicted octanol–water partition coefficient (Wildman–Crippen LogP) is 13.1. The summed E-state index contributed by atoms with van der Waals surface area (Å²) in [6.45, 7) is -8.35. The molecular weight excluding hydrogens is 579 g/mol. The minimum Gasteiger partial charge on any atom is -0.310 e. The second-order valence-electron chi connectivity index (χ2n) is 10.3. The van der Waals surface area contributed by atoms with Gasteiger partial charge in [-0.05, 0) is 102 Å². The van der Waals surface area contributed by atoms with Gasteiger partial charge < -0.3 is 4.90 Å². The Bertz CT molecular complexity index is 4240. The van der Waals surface area contributed by atoms with E-state index in [0.29, 0.717) is 0 Å². The van der Waals surface area contributed by atoms with Crippen LogP contribution in [-0.4, -0.2) is 0 Å². The molecule has 0 aromatic heterocycles. The first-order chi connectivity index (χ1) is 38.2. The fourth-order valence-electron chi connectivity index (χ4n) is 5.39. The molecule has 0 saturated heterocycles. The number of hydrogen-bond donors (Lipinski definition) is 0. The molecule has 0 spiro atoms. The minimum atomic E-state index is -4.18.